The summed E-state index contributed by atoms with van der Waals surface area (Å²) in [6.07, 6.45) is 1.85. The lowest BCUT2D eigenvalue weighted by molar-refractivity contribution is -0.113. The van der Waals surface area contributed by atoms with Crippen LogP contribution in [0.25, 0.3) is 6.08 Å². The summed E-state index contributed by atoms with van der Waals surface area (Å²) in [6, 6.07) is 14.9. The Morgan fingerprint density at radius 2 is 1.72 bits per heavy atom. The number of methoxy groups -OCH3 is 1. The van der Waals surface area contributed by atoms with Gasteiger partial charge in [-0.2, -0.15) is 0 Å². The molecule has 0 aliphatic carbocycles. The zero-order valence-electron chi connectivity index (χ0n) is 13.9. The van der Waals surface area contributed by atoms with Crippen molar-refractivity contribution in [3.63, 3.8) is 0 Å². The van der Waals surface area contributed by atoms with Crippen LogP contribution in [0.3, 0.4) is 0 Å². The van der Waals surface area contributed by atoms with Crippen LogP contribution >= 0.6 is 24.0 Å². The Labute approximate surface area is 156 Å². The van der Waals surface area contributed by atoms with Crippen LogP contribution in [-0.2, 0) is 4.79 Å². The first-order valence-corrected chi connectivity index (χ1v) is 8.99. The maximum absolute atomic E-state index is 12.7. The number of carbonyl (C=O) groups excluding carboxylic acids is 1. The van der Waals surface area contributed by atoms with Gasteiger partial charge in [0.1, 0.15) is 11.5 Å². The highest BCUT2D eigenvalue weighted by Crippen LogP contribution is 2.36. The minimum Gasteiger partial charge on any atom is -0.497 e. The minimum absolute atomic E-state index is 0.117. The van der Waals surface area contributed by atoms with Crippen LogP contribution in [0.2, 0.25) is 0 Å². The van der Waals surface area contributed by atoms with Gasteiger partial charge in [0.25, 0.3) is 5.91 Å². The van der Waals surface area contributed by atoms with Crippen LogP contribution in [-0.4, -0.2) is 23.9 Å². The monoisotopic (exact) mass is 371 g/mol. The Morgan fingerprint density at radius 3 is 2.32 bits per heavy atom. The van der Waals surface area contributed by atoms with E-state index in [1.165, 1.54) is 11.8 Å². The average molecular weight is 371 g/mol. The lowest BCUT2D eigenvalue weighted by Gasteiger charge is -2.14. The molecule has 2 aromatic rings. The fourth-order valence-corrected chi connectivity index (χ4v) is 3.70. The van der Waals surface area contributed by atoms with Gasteiger partial charge in [0.15, 0.2) is 4.32 Å². The molecular weight excluding hydrogens is 354 g/mol. The number of carbonyl (C=O) groups is 1. The van der Waals surface area contributed by atoms with Gasteiger partial charge >= 0.3 is 0 Å². The molecule has 1 saturated heterocycles. The number of hydrogen-bond donors (Lipinski definition) is 0. The van der Waals surface area contributed by atoms with Gasteiger partial charge in [0.2, 0.25) is 0 Å². The summed E-state index contributed by atoms with van der Waals surface area (Å²) in [5, 5.41) is 0. The van der Waals surface area contributed by atoms with Gasteiger partial charge in [-0.1, -0.05) is 36.1 Å². The molecule has 0 spiro atoms. The van der Waals surface area contributed by atoms with E-state index in [1.807, 2.05) is 61.5 Å². The van der Waals surface area contributed by atoms with E-state index in [4.69, 9.17) is 21.7 Å². The molecule has 6 heteroatoms. The Kier molecular flexibility index (Phi) is 5.40. The minimum atomic E-state index is -0.117. The molecule has 3 rings (SSSR count). The van der Waals surface area contributed by atoms with Crippen LogP contribution in [0.15, 0.2) is 53.4 Å². The van der Waals surface area contributed by atoms with E-state index in [9.17, 15) is 4.79 Å². The zero-order valence-corrected chi connectivity index (χ0v) is 15.5. The standard InChI is InChI=1S/C19H17NO3S2/c1-3-23-16-8-4-13(5-9-16)12-17-18(21)20(19(24)25-17)14-6-10-15(22-2)11-7-14/h4-12H,3H2,1-2H3/b17-12+. The molecule has 4 nitrogen and oxygen atoms in total. The van der Waals surface area contributed by atoms with Gasteiger partial charge in [-0.3, -0.25) is 9.69 Å². The number of hydrogen-bond acceptors (Lipinski definition) is 5. The van der Waals surface area contributed by atoms with E-state index < -0.39 is 0 Å². The number of ether oxygens (including phenoxy) is 2. The Bertz CT molecular complexity index is 814. The second kappa shape index (κ2) is 7.72. The number of rotatable bonds is 5. The number of thioether (sulfide) groups is 1. The maximum Gasteiger partial charge on any atom is 0.270 e. The third kappa shape index (κ3) is 3.86. The third-order valence-corrected chi connectivity index (χ3v) is 4.92. The first-order valence-electron chi connectivity index (χ1n) is 7.77. The second-order valence-electron chi connectivity index (χ2n) is 5.22. The molecule has 2 aromatic carbocycles. The maximum atomic E-state index is 12.7. The van der Waals surface area contributed by atoms with Gasteiger partial charge in [0.05, 0.1) is 24.3 Å². The van der Waals surface area contributed by atoms with Crippen molar-refractivity contribution in [2.24, 2.45) is 0 Å². The summed E-state index contributed by atoms with van der Waals surface area (Å²) >= 11 is 6.69. The molecule has 0 saturated carbocycles. The van der Waals surface area contributed by atoms with Crippen molar-refractivity contribution in [1.29, 1.82) is 0 Å². The van der Waals surface area contributed by atoms with Crippen molar-refractivity contribution in [2.45, 2.75) is 6.92 Å². The molecule has 1 aliphatic rings. The number of nitrogens with zero attached hydrogens (tertiary/aromatic N) is 1. The van der Waals surface area contributed by atoms with E-state index in [0.717, 1.165) is 22.7 Å². The Morgan fingerprint density at radius 1 is 1.08 bits per heavy atom. The van der Waals surface area contributed by atoms with Crippen LogP contribution in [0.4, 0.5) is 5.69 Å². The predicted octanol–water partition coefficient (Wildman–Crippen LogP) is 4.50. The average Bonchev–Trinajstić information content (AvgIpc) is 2.90. The van der Waals surface area contributed by atoms with Crippen molar-refractivity contribution in [3.05, 3.63) is 59.0 Å². The summed E-state index contributed by atoms with van der Waals surface area (Å²) in [4.78, 5) is 14.9. The van der Waals surface area contributed by atoms with Crippen LogP contribution in [0, 0.1) is 0 Å². The molecule has 0 aromatic heterocycles. The van der Waals surface area contributed by atoms with Gasteiger partial charge in [-0.25, -0.2) is 0 Å². The molecule has 0 bridgehead atoms. The molecule has 25 heavy (non-hydrogen) atoms. The number of thiocarbonyl (C=S) groups is 1. The number of benzene rings is 2. The highest BCUT2D eigenvalue weighted by atomic mass is 32.2. The molecule has 0 unspecified atom stereocenters. The lowest BCUT2D eigenvalue weighted by atomic mass is 10.2. The lowest BCUT2D eigenvalue weighted by Crippen LogP contribution is -2.27. The van der Waals surface area contributed by atoms with Crippen molar-refractivity contribution >= 4 is 46.0 Å². The molecular formula is C19H17NO3S2. The van der Waals surface area contributed by atoms with E-state index in [2.05, 4.69) is 0 Å². The quantitative estimate of drug-likeness (QED) is 0.572. The zero-order chi connectivity index (χ0) is 17.8. The highest BCUT2D eigenvalue weighted by Gasteiger charge is 2.33. The molecule has 0 N–H and O–H groups in total. The first-order chi connectivity index (χ1) is 12.1. The summed E-state index contributed by atoms with van der Waals surface area (Å²) in [5.41, 5.74) is 1.66. The highest BCUT2D eigenvalue weighted by molar-refractivity contribution is 8.27. The molecule has 1 aliphatic heterocycles. The van der Waals surface area contributed by atoms with E-state index in [1.54, 1.807) is 12.0 Å². The normalized spacial score (nSPS) is 15.8. The molecule has 1 heterocycles. The number of anilines is 1. The molecule has 0 atom stereocenters. The topological polar surface area (TPSA) is 38.8 Å². The smallest absolute Gasteiger partial charge is 0.270 e. The van der Waals surface area contributed by atoms with Crippen LogP contribution in [0.5, 0.6) is 11.5 Å². The molecule has 1 fully saturated rings. The summed E-state index contributed by atoms with van der Waals surface area (Å²) in [7, 11) is 1.61. The molecule has 0 radical (unpaired) electrons. The van der Waals surface area contributed by atoms with Gasteiger partial charge in [-0.15, -0.1) is 0 Å². The van der Waals surface area contributed by atoms with Crippen molar-refractivity contribution in [3.8, 4) is 11.5 Å². The van der Waals surface area contributed by atoms with Crippen molar-refractivity contribution in [2.75, 3.05) is 18.6 Å². The second-order valence-corrected chi connectivity index (χ2v) is 6.89. The summed E-state index contributed by atoms with van der Waals surface area (Å²) in [6.45, 7) is 2.57. The summed E-state index contributed by atoms with van der Waals surface area (Å²) in [5.74, 6) is 1.43. The Balaban J connectivity index is 1.82. The van der Waals surface area contributed by atoms with E-state index in [-0.39, 0.29) is 5.91 Å². The molecule has 1 amide bonds. The van der Waals surface area contributed by atoms with Crippen molar-refractivity contribution in [1.82, 2.24) is 0 Å². The summed E-state index contributed by atoms with van der Waals surface area (Å²) < 4.78 is 11.1. The van der Waals surface area contributed by atoms with Gasteiger partial charge in [-0.05, 0) is 55.0 Å². The Hall–Kier alpha value is -2.31. The van der Waals surface area contributed by atoms with E-state index >= 15 is 0 Å². The fourth-order valence-electron chi connectivity index (χ4n) is 2.40. The largest absolute Gasteiger partial charge is 0.497 e. The first kappa shape index (κ1) is 17.5. The van der Waals surface area contributed by atoms with Crippen LogP contribution in [0.1, 0.15) is 12.5 Å². The van der Waals surface area contributed by atoms with E-state index in [0.29, 0.717) is 15.8 Å². The van der Waals surface area contributed by atoms with Crippen molar-refractivity contribution < 1.29 is 14.3 Å². The van der Waals surface area contributed by atoms with Gasteiger partial charge < -0.3 is 9.47 Å². The predicted molar refractivity (Wildman–Crippen MR) is 106 cm³/mol. The van der Waals surface area contributed by atoms with Crippen LogP contribution < -0.4 is 14.4 Å². The van der Waals surface area contributed by atoms with Gasteiger partial charge in [0, 0.05) is 0 Å². The number of amides is 1. The molecule has 128 valence electrons. The third-order valence-electron chi connectivity index (χ3n) is 3.61. The SMILES string of the molecule is CCOc1ccc(/C=C2/SC(=S)N(c3ccc(OC)cc3)C2=O)cc1. The fraction of sp³-hybridized carbons (Fsp3) is 0.158.